The molecule has 3 rings (SSSR count). The van der Waals surface area contributed by atoms with Crippen LogP contribution in [-0.4, -0.2) is 52.0 Å². The first kappa shape index (κ1) is 23.2. The van der Waals surface area contributed by atoms with Crippen molar-refractivity contribution >= 4 is 5.91 Å². The molecule has 170 valence electrons. The summed E-state index contributed by atoms with van der Waals surface area (Å²) in [6.07, 6.45) is 9.29. The summed E-state index contributed by atoms with van der Waals surface area (Å²) in [6.45, 7) is 9.02. The van der Waals surface area contributed by atoms with E-state index in [9.17, 15) is 4.79 Å². The molecule has 2 heterocycles. The highest BCUT2D eigenvalue weighted by molar-refractivity contribution is 5.85. The second kappa shape index (κ2) is 10.3. The van der Waals surface area contributed by atoms with E-state index in [-0.39, 0.29) is 30.4 Å². The Kier molecular flexibility index (Phi) is 7.94. The summed E-state index contributed by atoms with van der Waals surface area (Å²) in [5.74, 6) is 1.24. The number of ether oxygens (including phenoxy) is 1. The van der Waals surface area contributed by atoms with E-state index >= 15 is 4.39 Å². The van der Waals surface area contributed by atoms with E-state index in [4.69, 9.17) is 4.74 Å². The lowest BCUT2D eigenvalue weighted by Crippen LogP contribution is -2.55. The minimum atomic E-state index is -1.82. The number of halogens is 1. The minimum absolute atomic E-state index is 0.106. The largest absolute Gasteiger partial charge is 0.376 e. The average molecular weight is 422 g/mol. The number of nitrogens with zero attached hydrogens (tertiary/aromatic N) is 2. The maximum atomic E-state index is 15.2. The standard InChI is InChI=1S/C24H40FN3O2/c1-5-13-24(4,25)23(29)28-15-6-7-20(21-12-14-26-27-21)22(28)16-30-19-10-8-18(9-11-19)17(2)3/h12,14,17-20,22H,5-11,13,15-16H2,1-4H3,(H,26,27)/t18?,19?,20-,22+,24+/m1/s1. The number of likely N-dealkylation sites (tertiary alicyclic amines) is 1. The molecule has 1 aromatic heterocycles. The topological polar surface area (TPSA) is 58.2 Å². The van der Waals surface area contributed by atoms with Crippen molar-refractivity contribution in [1.82, 2.24) is 15.1 Å². The van der Waals surface area contributed by atoms with E-state index in [1.54, 1.807) is 11.1 Å². The number of piperidine rings is 1. The third-order valence-corrected chi connectivity index (χ3v) is 7.29. The number of carbonyl (C=O) groups is 1. The first-order valence-electron chi connectivity index (χ1n) is 11.9. The van der Waals surface area contributed by atoms with Gasteiger partial charge in [-0.05, 0) is 69.8 Å². The molecule has 6 heteroatoms. The highest BCUT2D eigenvalue weighted by Gasteiger charge is 2.43. The van der Waals surface area contributed by atoms with Gasteiger partial charge in [-0.3, -0.25) is 9.89 Å². The Hall–Kier alpha value is -1.43. The number of amides is 1. The SMILES string of the molecule is CCC[C@](C)(F)C(=O)N1CCC[C@H](c2ccn[nH]2)[C@@H]1COC1CCC(C(C)C)CC1. The van der Waals surface area contributed by atoms with Crippen LogP contribution < -0.4 is 0 Å². The van der Waals surface area contributed by atoms with Gasteiger partial charge < -0.3 is 9.64 Å². The molecule has 1 N–H and O–H groups in total. The third kappa shape index (κ3) is 5.43. The fraction of sp³-hybridized carbons (Fsp3) is 0.833. The molecule has 0 bridgehead atoms. The summed E-state index contributed by atoms with van der Waals surface area (Å²) in [4.78, 5) is 14.9. The van der Waals surface area contributed by atoms with Gasteiger partial charge in [0, 0.05) is 24.4 Å². The molecule has 2 aliphatic rings. The van der Waals surface area contributed by atoms with Crippen LogP contribution in [0.3, 0.4) is 0 Å². The first-order chi connectivity index (χ1) is 14.3. The normalized spacial score (nSPS) is 29.7. The number of aromatic amines is 1. The van der Waals surface area contributed by atoms with Crippen LogP contribution in [-0.2, 0) is 9.53 Å². The lowest BCUT2D eigenvalue weighted by atomic mass is 9.80. The Morgan fingerprint density at radius 3 is 2.67 bits per heavy atom. The molecule has 0 unspecified atom stereocenters. The van der Waals surface area contributed by atoms with Gasteiger partial charge in [0.15, 0.2) is 5.67 Å². The zero-order valence-electron chi connectivity index (χ0n) is 19.2. The van der Waals surface area contributed by atoms with E-state index in [1.807, 2.05) is 13.0 Å². The zero-order chi connectivity index (χ0) is 21.7. The predicted molar refractivity (Wildman–Crippen MR) is 117 cm³/mol. The second-order valence-electron chi connectivity index (χ2n) is 9.89. The summed E-state index contributed by atoms with van der Waals surface area (Å²) in [6, 6.07) is 1.82. The summed E-state index contributed by atoms with van der Waals surface area (Å²) in [7, 11) is 0. The lowest BCUT2D eigenvalue weighted by molar-refractivity contribution is -0.151. The Labute approximate surface area is 181 Å². The number of rotatable bonds is 8. The molecular weight excluding hydrogens is 381 g/mol. The number of H-pyrrole nitrogens is 1. The number of nitrogens with one attached hydrogen (secondary N) is 1. The molecule has 1 saturated carbocycles. The highest BCUT2D eigenvalue weighted by atomic mass is 19.1. The average Bonchev–Trinajstić information content (AvgIpc) is 3.26. The van der Waals surface area contributed by atoms with Crippen LogP contribution in [0, 0.1) is 11.8 Å². The van der Waals surface area contributed by atoms with Gasteiger partial charge >= 0.3 is 0 Å². The monoisotopic (exact) mass is 421 g/mol. The van der Waals surface area contributed by atoms with E-state index in [1.165, 1.54) is 19.8 Å². The summed E-state index contributed by atoms with van der Waals surface area (Å²) in [5, 5.41) is 7.19. The molecule has 2 fully saturated rings. The van der Waals surface area contributed by atoms with Gasteiger partial charge in [0.1, 0.15) is 0 Å². The Balaban J connectivity index is 1.71. The van der Waals surface area contributed by atoms with Crippen molar-refractivity contribution in [2.75, 3.05) is 13.2 Å². The van der Waals surface area contributed by atoms with Gasteiger partial charge in [0.05, 0.1) is 18.8 Å². The molecule has 1 saturated heterocycles. The van der Waals surface area contributed by atoms with Gasteiger partial charge in [-0.2, -0.15) is 5.10 Å². The van der Waals surface area contributed by atoms with Crippen molar-refractivity contribution in [1.29, 1.82) is 0 Å². The van der Waals surface area contributed by atoms with E-state index in [0.717, 1.165) is 43.2 Å². The lowest BCUT2D eigenvalue weighted by Gasteiger charge is -2.43. The number of alkyl halides is 1. The van der Waals surface area contributed by atoms with Crippen molar-refractivity contribution < 1.29 is 13.9 Å². The van der Waals surface area contributed by atoms with Crippen molar-refractivity contribution in [3.8, 4) is 0 Å². The van der Waals surface area contributed by atoms with Crippen LogP contribution in [0.4, 0.5) is 4.39 Å². The van der Waals surface area contributed by atoms with E-state index in [0.29, 0.717) is 19.6 Å². The molecule has 1 aliphatic carbocycles. The van der Waals surface area contributed by atoms with Gasteiger partial charge in [-0.15, -0.1) is 0 Å². The molecule has 1 amide bonds. The molecule has 5 nitrogen and oxygen atoms in total. The fourth-order valence-electron chi connectivity index (χ4n) is 5.38. The molecule has 0 radical (unpaired) electrons. The maximum absolute atomic E-state index is 15.2. The van der Waals surface area contributed by atoms with Crippen molar-refractivity contribution in [3.05, 3.63) is 18.0 Å². The van der Waals surface area contributed by atoms with E-state index in [2.05, 4.69) is 24.0 Å². The van der Waals surface area contributed by atoms with Crippen LogP contribution in [0.2, 0.25) is 0 Å². The van der Waals surface area contributed by atoms with Crippen LogP contribution in [0.1, 0.15) is 90.7 Å². The quantitative estimate of drug-likeness (QED) is 0.624. The first-order valence-corrected chi connectivity index (χ1v) is 11.9. The van der Waals surface area contributed by atoms with Gasteiger partial charge in [0.25, 0.3) is 5.91 Å². The molecule has 0 aromatic carbocycles. The second-order valence-corrected chi connectivity index (χ2v) is 9.89. The summed E-state index contributed by atoms with van der Waals surface area (Å²) < 4.78 is 21.6. The molecule has 30 heavy (non-hydrogen) atoms. The Bertz CT molecular complexity index is 653. The summed E-state index contributed by atoms with van der Waals surface area (Å²) in [5.41, 5.74) is -0.807. The van der Waals surface area contributed by atoms with Crippen LogP contribution in [0.5, 0.6) is 0 Å². The van der Waals surface area contributed by atoms with Crippen molar-refractivity contribution in [3.63, 3.8) is 0 Å². The smallest absolute Gasteiger partial charge is 0.260 e. The van der Waals surface area contributed by atoms with Crippen LogP contribution in [0.25, 0.3) is 0 Å². The molecule has 1 aromatic rings. The minimum Gasteiger partial charge on any atom is -0.376 e. The zero-order valence-corrected chi connectivity index (χ0v) is 19.2. The third-order valence-electron chi connectivity index (χ3n) is 7.29. The van der Waals surface area contributed by atoms with Gasteiger partial charge in [-0.25, -0.2) is 4.39 Å². The predicted octanol–water partition coefficient (Wildman–Crippen LogP) is 5.24. The van der Waals surface area contributed by atoms with E-state index < -0.39 is 5.67 Å². The molecular formula is C24H40FN3O2. The van der Waals surface area contributed by atoms with Crippen LogP contribution in [0.15, 0.2) is 12.3 Å². The molecule has 1 aliphatic heterocycles. The van der Waals surface area contributed by atoms with Crippen molar-refractivity contribution in [2.24, 2.45) is 11.8 Å². The van der Waals surface area contributed by atoms with Gasteiger partial charge in [-0.1, -0.05) is 27.2 Å². The van der Waals surface area contributed by atoms with Crippen LogP contribution >= 0.6 is 0 Å². The van der Waals surface area contributed by atoms with Gasteiger partial charge in [0.2, 0.25) is 0 Å². The Morgan fingerprint density at radius 1 is 1.33 bits per heavy atom. The number of aromatic nitrogens is 2. The Morgan fingerprint density at radius 2 is 2.07 bits per heavy atom. The molecule has 3 atom stereocenters. The highest BCUT2D eigenvalue weighted by Crippen LogP contribution is 2.36. The number of carbonyl (C=O) groups excluding carboxylic acids is 1. The maximum Gasteiger partial charge on any atom is 0.260 e. The van der Waals surface area contributed by atoms with Crippen molar-refractivity contribution in [2.45, 2.75) is 103 Å². The number of hydrogen-bond acceptors (Lipinski definition) is 3. The number of hydrogen-bond donors (Lipinski definition) is 1. The molecule has 0 spiro atoms. The fourth-order valence-corrected chi connectivity index (χ4v) is 5.38. The summed E-state index contributed by atoms with van der Waals surface area (Å²) >= 11 is 0.